The first kappa shape index (κ1) is 8.84. The average Bonchev–Trinajstić information content (AvgIpc) is 1.63. The van der Waals surface area contributed by atoms with Crippen LogP contribution in [0.25, 0.3) is 0 Å². The Labute approximate surface area is 53.7 Å². The maximum atomic E-state index is 8.66. The second-order valence-electron chi connectivity index (χ2n) is 1.87. The van der Waals surface area contributed by atoms with E-state index in [9.17, 15) is 0 Å². The normalized spacial score (nSPS) is 21.0. The van der Waals surface area contributed by atoms with Crippen molar-refractivity contribution in [3.8, 4) is 0 Å². The quantitative estimate of drug-likeness (QED) is 0.437. The molecule has 4 nitrogen and oxygen atoms in total. The molecule has 0 bridgehead atoms. The van der Waals surface area contributed by atoms with Gasteiger partial charge in [0.25, 0.3) is 0 Å². The molecular formula is C5H12O4. The SMILES string of the molecule is CC(O)OC(O)C(C)O. The van der Waals surface area contributed by atoms with Crippen LogP contribution in [0.2, 0.25) is 0 Å². The zero-order valence-corrected chi connectivity index (χ0v) is 5.48. The maximum absolute atomic E-state index is 8.66. The Bertz CT molecular complexity index is 71.4. The molecule has 3 N–H and O–H groups in total. The van der Waals surface area contributed by atoms with E-state index in [0.29, 0.717) is 0 Å². The van der Waals surface area contributed by atoms with Crippen molar-refractivity contribution in [2.24, 2.45) is 0 Å². The molecule has 0 rings (SSSR count). The van der Waals surface area contributed by atoms with E-state index in [1.165, 1.54) is 13.8 Å². The summed E-state index contributed by atoms with van der Waals surface area (Å²) >= 11 is 0. The lowest BCUT2D eigenvalue weighted by molar-refractivity contribution is -0.230. The minimum atomic E-state index is -1.30. The molecule has 3 atom stereocenters. The largest absolute Gasteiger partial charge is 0.388 e. The second kappa shape index (κ2) is 3.79. The van der Waals surface area contributed by atoms with Gasteiger partial charge in [0.15, 0.2) is 12.6 Å². The van der Waals surface area contributed by atoms with Crippen molar-refractivity contribution in [1.29, 1.82) is 0 Å². The van der Waals surface area contributed by atoms with Gasteiger partial charge in [0.2, 0.25) is 0 Å². The van der Waals surface area contributed by atoms with E-state index in [1.807, 2.05) is 0 Å². The molecular weight excluding hydrogens is 124 g/mol. The van der Waals surface area contributed by atoms with Crippen molar-refractivity contribution in [1.82, 2.24) is 0 Å². The predicted molar refractivity (Wildman–Crippen MR) is 30.5 cm³/mol. The smallest absolute Gasteiger partial charge is 0.183 e. The number of aliphatic hydroxyl groups is 3. The Morgan fingerprint density at radius 3 is 1.67 bits per heavy atom. The summed E-state index contributed by atoms with van der Waals surface area (Å²) in [5.74, 6) is 0. The van der Waals surface area contributed by atoms with Crippen LogP contribution in [0.5, 0.6) is 0 Å². The summed E-state index contributed by atoms with van der Waals surface area (Å²) in [6.07, 6.45) is -3.32. The van der Waals surface area contributed by atoms with E-state index in [-0.39, 0.29) is 0 Å². The lowest BCUT2D eigenvalue weighted by Crippen LogP contribution is -2.29. The molecule has 0 fully saturated rings. The summed E-state index contributed by atoms with van der Waals surface area (Å²) < 4.78 is 4.37. The van der Waals surface area contributed by atoms with Crippen LogP contribution in [0, 0.1) is 0 Å². The molecule has 0 aromatic carbocycles. The molecule has 0 saturated heterocycles. The van der Waals surface area contributed by atoms with E-state index in [0.717, 1.165) is 0 Å². The van der Waals surface area contributed by atoms with Gasteiger partial charge in [-0.3, -0.25) is 0 Å². The Morgan fingerprint density at radius 2 is 1.56 bits per heavy atom. The van der Waals surface area contributed by atoms with Gasteiger partial charge in [-0.1, -0.05) is 0 Å². The fraction of sp³-hybridized carbons (Fsp3) is 1.00. The van der Waals surface area contributed by atoms with Gasteiger partial charge in [-0.15, -0.1) is 0 Å². The minimum absolute atomic E-state index is 0.973. The first-order valence-corrected chi connectivity index (χ1v) is 2.73. The molecule has 4 heteroatoms. The zero-order valence-electron chi connectivity index (χ0n) is 5.48. The molecule has 56 valence electrons. The first-order valence-electron chi connectivity index (χ1n) is 2.73. The van der Waals surface area contributed by atoms with E-state index in [1.54, 1.807) is 0 Å². The molecule has 0 spiro atoms. The highest BCUT2D eigenvalue weighted by atomic mass is 16.7. The fourth-order valence-corrected chi connectivity index (χ4v) is 0.315. The van der Waals surface area contributed by atoms with Gasteiger partial charge >= 0.3 is 0 Å². The van der Waals surface area contributed by atoms with Crippen LogP contribution in [-0.4, -0.2) is 34.0 Å². The van der Waals surface area contributed by atoms with Gasteiger partial charge in [0.1, 0.15) is 6.10 Å². The van der Waals surface area contributed by atoms with Crippen molar-refractivity contribution in [3.63, 3.8) is 0 Å². The van der Waals surface area contributed by atoms with E-state index in [2.05, 4.69) is 4.74 Å². The summed E-state index contributed by atoms with van der Waals surface area (Å²) in [5, 5.41) is 25.7. The van der Waals surface area contributed by atoms with Crippen LogP contribution >= 0.6 is 0 Å². The molecule has 0 aliphatic carbocycles. The fourth-order valence-electron chi connectivity index (χ4n) is 0.315. The summed E-state index contributed by atoms with van der Waals surface area (Å²) in [4.78, 5) is 0. The van der Waals surface area contributed by atoms with Crippen LogP contribution in [0.15, 0.2) is 0 Å². The van der Waals surface area contributed by atoms with Gasteiger partial charge in [0.05, 0.1) is 0 Å². The molecule has 9 heavy (non-hydrogen) atoms. The maximum Gasteiger partial charge on any atom is 0.183 e. The highest BCUT2D eigenvalue weighted by Gasteiger charge is 2.12. The van der Waals surface area contributed by atoms with Gasteiger partial charge in [0, 0.05) is 0 Å². The van der Waals surface area contributed by atoms with Crippen molar-refractivity contribution in [2.45, 2.75) is 32.5 Å². The molecule has 0 aliphatic heterocycles. The van der Waals surface area contributed by atoms with Gasteiger partial charge < -0.3 is 20.1 Å². The van der Waals surface area contributed by atoms with Gasteiger partial charge in [-0.05, 0) is 13.8 Å². The minimum Gasteiger partial charge on any atom is -0.388 e. The Kier molecular flexibility index (Phi) is 3.72. The number of hydrogen-bond donors (Lipinski definition) is 3. The number of hydrogen-bond acceptors (Lipinski definition) is 4. The third-order valence-corrected chi connectivity index (χ3v) is 0.749. The molecule has 0 amide bonds. The number of rotatable bonds is 3. The van der Waals surface area contributed by atoms with Crippen molar-refractivity contribution >= 4 is 0 Å². The topological polar surface area (TPSA) is 69.9 Å². The van der Waals surface area contributed by atoms with E-state index in [4.69, 9.17) is 15.3 Å². The van der Waals surface area contributed by atoms with E-state index >= 15 is 0 Å². The van der Waals surface area contributed by atoms with Crippen LogP contribution < -0.4 is 0 Å². The van der Waals surface area contributed by atoms with E-state index < -0.39 is 18.7 Å². The number of ether oxygens (including phenoxy) is 1. The standard InChI is InChI=1S/C5H12O4/c1-3(6)5(8)9-4(2)7/h3-8H,1-2H3. The second-order valence-corrected chi connectivity index (χ2v) is 1.87. The highest BCUT2D eigenvalue weighted by Crippen LogP contribution is 1.96. The zero-order chi connectivity index (χ0) is 7.44. The van der Waals surface area contributed by atoms with Crippen molar-refractivity contribution < 1.29 is 20.1 Å². The third kappa shape index (κ3) is 4.35. The van der Waals surface area contributed by atoms with Crippen molar-refractivity contribution in [3.05, 3.63) is 0 Å². The van der Waals surface area contributed by atoms with Crippen LogP contribution in [-0.2, 0) is 4.74 Å². The monoisotopic (exact) mass is 136 g/mol. The Balaban J connectivity index is 3.38. The van der Waals surface area contributed by atoms with Gasteiger partial charge in [-0.25, -0.2) is 0 Å². The van der Waals surface area contributed by atoms with Gasteiger partial charge in [-0.2, -0.15) is 0 Å². The molecule has 0 saturated carbocycles. The molecule has 0 aromatic heterocycles. The van der Waals surface area contributed by atoms with Crippen LogP contribution in [0.1, 0.15) is 13.8 Å². The molecule has 0 heterocycles. The summed E-state index contributed by atoms with van der Waals surface area (Å²) in [7, 11) is 0. The summed E-state index contributed by atoms with van der Waals surface area (Å²) in [6, 6.07) is 0. The number of aliphatic hydroxyl groups excluding tert-OH is 3. The summed E-state index contributed by atoms with van der Waals surface area (Å²) in [6.45, 7) is 2.72. The molecule has 0 aliphatic rings. The van der Waals surface area contributed by atoms with Crippen LogP contribution in [0.3, 0.4) is 0 Å². The van der Waals surface area contributed by atoms with Crippen molar-refractivity contribution in [2.75, 3.05) is 0 Å². The summed E-state index contributed by atoms with van der Waals surface area (Å²) in [5.41, 5.74) is 0. The molecule has 3 unspecified atom stereocenters. The average molecular weight is 136 g/mol. The molecule has 0 aromatic rings. The third-order valence-electron chi connectivity index (χ3n) is 0.749. The first-order chi connectivity index (χ1) is 4.04. The predicted octanol–water partition coefficient (Wildman–Crippen LogP) is -0.960. The Hall–Kier alpha value is -0.160. The molecule has 0 radical (unpaired) electrons. The Morgan fingerprint density at radius 1 is 1.11 bits per heavy atom. The highest BCUT2D eigenvalue weighted by molar-refractivity contribution is 4.48. The lowest BCUT2D eigenvalue weighted by Gasteiger charge is -2.15. The van der Waals surface area contributed by atoms with Crippen LogP contribution in [0.4, 0.5) is 0 Å². The lowest BCUT2D eigenvalue weighted by atomic mass is 10.4.